The predicted molar refractivity (Wildman–Crippen MR) is 94.6 cm³/mol. The van der Waals surface area contributed by atoms with Crippen LogP contribution in [0.5, 0.6) is 0 Å². The minimum atomic E-state index is -0.797. The number of hydrogen-bond donors (Lipinski definition) is 2. The highest BCUT2D eigenvalue weighted by molar-refractivity contribution is 7.07. The molecule has 26 heavy (non-hydrogen) atoms. The molecule has 0 aliphatic carbocycles. The van der Waals surface area contributed by atoms with Crippen molar-refractivity contribution in [3.05, 3.63) is 16.6 Å². The molecule has 2 aliphatic heterocycles. The second kappa shape index (κ2) is 8.45. The number of carbonyl (C=O) groups is 3. The van der Waals surface area contributed by atoms with Gasteiger partial charge < -0.3 is 25.7 Å². The Hall–Kier alpha value is -2.20. The summed E-state index contributed by atoms with van der Waals surface area (Å²) in [6.45, 7) is 4.35. The van der Waals surface area contributed by atoms with Crippen LogP contribution >= 0.6 is 11.3 Å². The minimum absolute atomic E-state index is 0. The van der Waals surface area contributed by atoms with Gasteiger partial charge in [0.05, 0.1) is 11.2 Å². The fourth-order valence-electron chi connectivity index (χ4n) is 3.26. The first kappa shape index (κ1) is 20.1. The van der Waals surface area contributed by atoms with Gasteiger partial charge in [0.15, 0.2) is 0 Å². The quantitative estimate of drug-likeness (QED) is 0.729. The third-order valence-electron chi connectivity index (χ3n) is 4.67. The molecule has 3 rings (SSSR count). The monoisotopic (exact) mass is 384 g/mol. The van der Waals surface area contributed by atoms with E-state index in [0.29, 0.717) is 13.0 Å². The zero-order chi connectivity index (χ0) is 18.0. The summed E-state index contributed by atoms with van der Waals surface area (Å²) >= 11 is 1.45. The van der Waals surface area contributed by atoms with E-state index in [0.717, 1.165) is 18.5 Å². The first-order valence-corrected chi connectivity index (χ1v) is 9.35. The maximum absolute atomic E-state index is 12.9. The van der Waals surface area contributed by atoms with Gasteiger partial charge in [-0.25, -0.2) is 9.78 Å². The number of rotatable bonds is 5. The van der Waals surface area contributed by atoms with Crippen LogP contribution in [0.15, 0.2) is 10.9 Å². The second-order valence-corrected chi connectivity index (χ2v) is 7.22. The molecule has 2 saturated heterocycles. The van der Waals surface area contributed by atoms with Crippen molar-refractivity contribution in [2.24, 2.45) is 0 Å². The lowest BCUT2D eigenvalue weighted by atomic mass is 10.1. The third kappa shape index (κ3) is 4.31. The molecule has 0 bridgehead atoms. The largest absolute Gasteiger partial charge is 0.444 e. The summed E-state index contributed by atoms with van der Waals surface area (Å²) in [6.07, 6.45) is 1.06. The van der Waals surface area contributed by atoms with Crippen LogP contribution in [-0.2, 0) is 20.7 Å². The van der Waals surface area contributed by atoms with Crippen molar-refractivity contribution in [1.82, 2.24) is 20.5 Å². The van der Waals surface area contributed by atoms with E-state index in [2.05, 4.69) is 15.6 Å². The molecule has 0 spiro atoms. The number of nitrogens with zero attached hydrogens (tertiary/aromatic N) is 2. The SMILES string of the molecule is C[C@@H]1OC(=O)N[C@@H]1C(=O)N[C@@H](Cc1cscn1)C(=O)N1CCC[C@H]1C.O. The number of alkyl carbamates (subject to hydrolysis) is 1. The summed E-state index contributed by atoms with van der Waals surface area (Å²) in [7, 11) is 0. The molecule has 10 heteroatoms. The van der Waals surface area contributed by atoms with Crippen molar-refractivity contribution in [3.63, 3.8) is 0 Å². The van der Waals surface area contributed by atoms with E-state index in [1.165, 1.54) is 11.3 Å². The van der Waals surface area contributed by atoms with E-state index < -0.39 is 30.2 Å². The van der Waals surface area contributed by atoms with Gasteiger partial charge in [-0.05, 0) is 26.7 Å². The topological polar surface area (TPSA) is 132 Å². The van der Waals surface area contributed by atoms with Gasteiger partial charge in [0.2, 0.25) is 11.8 Å². The van der Waals surface area contributed by atoms with Crippen LogP contribution in [0.2, 0.25) is 0 Å². The van der Waals surface area contributed by atoms with Gasteiger partial charge in [-0.3, -0.25) is 9.59 Å². The Morgan fingerprint density at radius 3 is 2.81 bits per heavy atom. The lowest BCUT2D eigenvalue weighted by Gasteiger charge is -2.28. The fourth-order valence-corrected chi connectivity index (χ4v) is 3.84. The van der Waals surface area contributed by atoms with Gasteiger partial charge in [0.1, 0.15) is 18.2 Å². The average Bonchev–Trinajstić information content (AvgIpc) is 3.28. The predicted octanol–water partition coefficient (Wildman–Crippen LogP) is -0.146. The third-order valence-corrected chi connectivity index (χ3v) is 5.30. The molecule has 3 amide bonds. The Morgan fingerprint density at radius 2 is 2.27 bits per heavy atom. The fraction of sp³-hybridized carbons (Fsp3) is 0.625. The smallest absolute Gasteiger partial charge is 0.408 e. The molecule has 0 unspecified atom stereocenters. The maximum atomic E-state index is 12.9. The number of thiazole rings is 1. The van der Waals surface area contributed by atoms with E-state index in [4.69, 9.17) is 4.74 Å². The molecule has 2 fully saturated rings. The van der Waals surface area contributed by atoms with Crippen LogP contribution in [0.4, 0.5) is 4.79 Å². The number of ether oxygens (including phenoxy) is 1. The number of hydrogen-bond acceptors (Lipinski definition) is 6. The highest BCUT2D eigenvalue weighted by atomic mass is 32.1. The van der Waals surface area contributed by atoms with Gasteiger partial charge in [-0.15, -0.1) is 11.3 Å². The van der Waals surface area contributed by atoms with Crippen molar-refractivity contribution in [1.29, 1.82) is 0 Å². The molecule has 4 atom stereocenters. The van der Waals surface area contributed by atoms with Crippen LogP contribution in [-0.4, -0.2) is 64.0 Å². The molecule has 9 nitrogen and oxygen atoms in total. The Labute approximate surface area is 155 Å². The number of nitrogens with one attached hydrogen (secondary N) is 2. The van der Waals surface area contributed by atoms with Gasteiger partial charge in [-0.1, -0.05) is 0 Å². The van der Waals surface area contributed by atoms with E-state index in [1.54, 1.807) is 12.4 Å². The molecule has 3 heterocycles. The first-order chi connectivity index (χ1) is 12.0. The Bertz CT molecular complexity index is 653. The average molecular weight is 384 g/mol. The Morgan fingerprint density at radius 1 is 1.50 bits per heavy atom. The molecule has 0 aromatic carbocycles. The zero-order valence-corrected chi connectivity index (χ0v) is 15.5. The van der Waals surface area contributed by atoms with Gasteiger partial charge in [0, 0.05) is 24.4 Å². The van der Waals surface area contributed by atoms with Crippen molar-refractivity contribution in [2.45, 2.75) is 57.3 Å². The summed E-state index contributed by atoms with van der Waals surface area (Å²) in [5.41, 5.74) is 2.46. The van der Waals surface area contributed by atoms with Crippen LogP contribution in [0.3, 0.4) is 0 Å². The summed E-state index contributed by atoms with van der Waals surface area (Å²) in [4.78, 5) is 42.8. The molecule has 1 aromatic heterocycles. The van der Waals surface area contributed by atoms with E-state index in [9.17, 15) is 14.4 Å². The van der Waals surface area contributed by atoms with Gasteiger partial charge >= 0.3 is 6.09 Å². The first-order valence-electron chi connectivity index (χ1n) is 8.40. The lowest BCUT2D eigenvalue weighted by Crippen LogP contribution is -2.55. The standard InChI is InChI=1S/C16H22N4O4S.H2O/c1-9-4-3-5-20(9)15(22)12(6-11-7-25-8-17-11)18-14(21)13-10(2)24-16(23)19-13;/h7-10,12-13H,3-6H2,1-2H3,(H,18,21)(H,19,23);1H2/t9-,10+,12+,13+;/m1./s1. The summed E-state index contributed by atoms with van der Waals surface area (Å²) < 4.78 is 4.94. The molecule has 2 aliphatic rings. The van der Waals surface area contributed by atoms with Crippen molar-refractivity contribution < 1.29 is 24.6 Å². The van der Waals surface area contributed by atoms with Crippen molar-refractivity contribution in [2.75, 3.05) is 6.54 Å². The number of likely N-dealkylation sites (tertiary alicyclic amines) is 1. The number of amides is 3. The summed E-state index contributed by atoms with van der Waals surface area (Å²) in [6, 6.07) is -1.34. The normalized spacial score (nSPS) is 25.8. The molecule has 0 radical (unpaired) electrons. The molecule has 144 valence electrons. The van der Waals surface area contributed by atoms with Gasteiger partial charge in [-0.2, -0.15) is 0 Å². The molecule has 0 saturated carbocycles. The molecular weight excluding hydrogens is 360 g/mol. The highest BCUT2D eigenvalue weighted by Gasteiger charge is 2.39. The van der Waals surface area contributed by atoms with E-state index >= 15 is 0 Å². The Balaban J connectivity index is 0.00000243. The van der Waals surface area contributed by atoms with E-state index in [-0.39, 0.29) is 17.4 Å². The van der Waals surface area contributed by atoms with Crippen LogP contribution < -0.4 is 10.6 Å². The molecule has 1 aromatic rings. The maximum Gasteiger partial charge on any atom is 0.408 e. The minimum Gasteiger partial charge on any atom is -0.444 e. The van der Waals surface area contributed by atoms with Crippen molar-refractivity contribution in [3.8, 4) is 0 Å². The second-order valence-electron chi connectivity index (χ2n) is 6.50. The molecular formula is C16H24N4O5S. The Kier molecular flexibility index (Phi) is 6.54. The summed E-state index contributed by atoms with van der Waals surface area (Å²) in [5.74, 6) is -0.525. The van der Waals surface area contributed by atoms with Crippen LogP contribution in [0.1, 0.15) is 32.4 Å². The van der Waals surface area contributed by atoms with Crippen LogP contribution in [0.25, 0.3) is 0 Å². The molecule has 4 N–H and O–H groups in total. The van der Waals surface area contributed by atoms with Gasteiger partial charge in [0.25, 0.3) is 0 Å². The zero-order valence-electron chi connectivity index (χ0n) is 14.7. The van der Waals surface area contributed by atoms with Crippen LogP contribution in [0, 0.1) is 0 Å². The number of aromatic nitrogens is 1. The highest BCUT2D eigenvalue weighted by Crippen LogP contribution is 2.19. The summed E-state index contributed by atoms with van der Waals surface area (Å²) in [5, 5.41) is 7.12. The van der Waals surface area contributed by atoms with E-state index in [1.807, 2.05) is 17.2 Å². The number of cyclic esters (lactones) is 1. The lowest BCUT2D eigenvalue weighted by molar-refractivity contribution is -0.137. The van der Waals surface area contributed by atoms with Crippen molar-refractivity contribution >= 4 is 29.2 Å². The number of carbonyl (C=O) groups excluding carboxylic acids is 3.